The second-order valence-electron chi connectivity index (χ2n) is 4.75. The average molecular weight is 263 g/mol. The number of carbonyl (C=O) groups is 1. The first kappa shape index (κ1) is 13.8. The molecule has 0 atom stereocenters. The van der Waals surface area contributed by atoms with E-state index in [-0.39, 0.29) is 11.7 Å². The van der Waals surface area contributed by atoms with E-state index in [9.17, 15) is 9.90 Å². The van der Waals surface area contributed by atoms with Crippen LogP contribution >= 0.6 is 0 Å². The van der Waals surface area contributed by atoms with Crippen molar-refractivity contribution in [3.05, 3.63) is 29.8 Å². The van der Waals surface area contributed by atoms with Gasteiger partial charge in [0.2, 0.25) is 0 Å². The van der Waals surface area contributed by atoms with Crippen LogP contribution in [0.1, 0.15) is 16.8 Å². The van der Waals surface area contributed by atoms with E-state index in [1.54, 1.807) is 18.2 Å². The van der Waals surface area contributed by atoms with Crippen LogP contribution in [0.4, 0.5) is 0 Å². The Bertz CT molecular complexity index is 417. The fourth-order valence-corrected chi connectivity index (χ4v) is 2.19. The predicted octanol–water partition coefficient (Wildman–Crippen LogP) is 0.417. The van der Waals surface area contributed by atoms with E-state index < -0.39 is 0 Å². The number of hydrogen-bond acceptors (Lipinski definition) is 4. The van der Waals surface area contributed by atoms with Crippen LogP contribution < -0.4 is 10.6 Å². The summed E-state index contributed by atoms with van der Waals surface area (Å²) in [4.78, 5) is 14.2. The monoisotopic (exact) mass is 263 g/mol. The average Bonchev–Trinajstić information content (AvgIpc) is 2.44. The molecular formula is C14H21N3O2. The van der Waals surface area contributed by atoms with Gasteiger partial charge in [0.05, 0.1) is 0 Å². The summed E-state index contributed by atoms with van der Waals surface area (Å²) in [6, 6.07) is 6.41. The number of amides is 1. The highest BCUT2D eigenvalue weighted by atomic mass is 16.3. The molecule has 5 nitrogen and oxygen atoms in total. The van der Waals surface area contributed by atoms with Gasteiger partial charge in [0.25, 0.3) is 5.91 Å². The van der Waals surface area contributed by atoms with Crippen LogP contribution in [-0.2, 0) is 0 Å². The van der Waals surface area contributed by atoms with Crippen molar-refractivity contribution >= 4 is 5.91 Å². The van der Waals surface area contributed by atoms with Crippen molar-refractivity contribution in [1.29, 1.82) is 0 Å². The van der Waals surface area contributed by atoms with Crippen molar-refractivity contribution in [1.82, 2.24) is 15.5 Å². The normalized spacial score (nSPS) is 16.2. The van der Waals surface area contributed by atoms with Crippen molar-refractivity contribution in [2.45, 2.75) is 6.42 Å². The van der Waals surface area contributed by atoms with Crippen molar-refractivity contribution in [2.75, 3.05) is 39.3 Å². The SMILES string of the molecule is O=C(NCCCN1CCNCC1)c1cccc(O)c1. The minimum atomic E-state index is -0.129. The lowest BCUT2D eigenvalue weighted by molar-refractivity contribution is 0.0951. The first-order valence-electron chi connectivity index (χ1n) is 6.76. The number of phenolic OH excluding ortho intramolecular Hbond substituents is 1. The first-order chi connectivity index (χ1) is 9.25. The maximum Gasteiger partial charge on any atom is 0.251 e. The molecule has 1 aromatic rings. The van der Waals surface area contributed by atoms with Gasteiger partial charge in [0, 0.05) is 38.3 Å². The molecule has 5 heteroatoms. The quantitative estimate of drug-likeness (QED) is 0.674. The second-order valence-corrected chi connectivity index (χ2v) is 4.75. The van der Waals surface area contributed by atoms with Gasteiger partial charge in [-0.05, 0) is 31.2 Å². The summed E-state index contributed by atoms with van der Waals surface area (Å²) < 4.78 is 0. The molecule has 0 saturated carbocycles. The molecule has 0 unspecified atom stereocenters. The standard InChI is InChI=1S/C14H21N3O2/c18-13-4-1-3-12(11-13)14(19)16-5-2-8-17-9-6-15-7-10-17/h1,3-4,11,15,18H,2,5-10H2,(H,16,19). The molecule has 1 amide bonds. The van der Waals surface area contributed by atoms with E-state index in [2.05, 4.69) is 15.5 Å². The van der Waals surface area contributed by atoms with Gasteiger partial charge in [0.1, 0.15) is 5.75 Å². The summed E-state index contributed by atoms with van der Waals surface area (Å²) in [5.74, 6) is -0.00956. The summed E-state index contributed by atoms with van der Waals surface area (Å²) in [7, 11) is 0. The number of nitrogens with zero attached hydrogens (tertiary/aromatic N) is 1. The fourth-order valence-electron chi connectivity index (χ4n) is 2.19. The molecule has 2 rings (SSSR count). The lowest BCUT2D eigenvalue weighted by atomic mass is 10.2. The summed E-state index contributed by atoms with van der Waals surface area (Å²) in [5.41, 5.74) is 0.502. The second kappa shape index (κ2) is 7.11. The van der Waals surface area contributed by atoms with Crippen LogP contribution in [-0.4, -0.2) is 55.2 Å². The fraction of sp³-hybridized carbons (Fsp3) is 0.500. The Morgan fingerprint density at radius 1 is 1.37 bits per heavy atom. The summed E-state index contributed by atoms with van der Waals surface area (Å²) in [6.45, 7) is 5.95. The van der Waals surface area contributed by atoms with Crippen LogP contribution in [0.25, 0.3) is 0 Å². The van der Waals surface area contributed by atoms with E-state index in [0.717, 1.165) is 39.1 Å². The summed E-state index contributed by atoms with van der Waals surface area (Å²) >= 11 is 0. The van der Waals surface area contributed by atoms with Crippen molar-refractivity contribution in [3.8, 4) is 5.75 Å². The third-order valence-electron chi connectivity index (χ3n) is 3.25. The topological polar surface area (TPSA) is 64.6 Å². The molecule has 1 saturated heterocycles. The first-order valence-corrected chi connectivity index (χ1v) is 6.76. The van der Waals surface area contributed by atoms with E-state index in [1.165, 1.54) is 6.07 Å². The van der Waals surface area contributed by atoms with E-state index >= 15 is 0 Å². The predicted molar refractivity (Wildman–Crippen MR) is 74.4 cm³/mol. The zero-order valence-electron chi connectivity index (χ0n) is 11.1. The minimum absolute atomic E-state index is 0.119. The molecule has 1 aliphatic heterocycles. The van der Waals surface area contributed by atoms with Gasteiger partial charge < -0.3 is 20.6 Å². The molecule has 1 heterocycles. The van der Waals surface area contributed by atoms with Crippen LogP contribution in [0.2, 0.25) is 0 Å². The number of nitrogens with one attached hydrogen (secondary N) is 2. The molecule has 1 fully saturated rings. The largest absolute Gasteiger partial charge is 0.508 e. The Labute approximate surface area is 113 Å². The highest BCUT2D eigenvalue weighted by molar-refractivity contribution is 5.94. The van der Waals surface area contributed by atoms with Crippen LogP contribution in [0.15, 0.2) is 24.3 Å². The summed E-state index contributed by atoms with van der Waals surface area (Å²) in [5, 5.41) is 15.5. The molecule has 19 heavy (non-hydrogen) atoms. The van der Waals surface area contributed by atoms with Gasteiger partial charge >= 0.3 is 0 Å². The number of phenols is 1. The van der Waals surface area contributed by atoms with E-state index in [1.807, 2.05) is 0 Å². The van der Waals surface area contributed by atoms with Crippen LogP contribution in [0.3, 0.4) is 0 Å². The minimum Gasteiger partial charge on any atom is -0.508 e. The Balaban J connectivity index is 1.66. The Kier molecular flexibility index (Phi) is 5.18. The van der Waals surface area contributed by atoms with Crippen molar-refractivity contribution in [3.63, 3.8) is 0 Å². The Morgan fingerprint density at radius 3 is 2.89 bits per heavy atom. The molecule has 1 aliphatic rings. The molecule has 0 radical (unpaired) electrons. The highest BCUT2D eigenvalue weighted by Gasteiger charge is 2.09. The molecule has 0 aliphatic carbocycles. The van der Waals surface area contributed by atoms with E-state index in [4.69, 9.17) is 0 Å². The van der Waals surface area contributed by atoms with Crippen molar-refractivity contribution in [2.24, 2.45) is 0 Å². The number of benzene rings is 1. The van der Waals surface area contributed by atoms with Crippen LogP contribution in [0.5, 0.6) is 5.75 Å². The molecule has 104 valence electrons. The van der Waals surface area contributed by atoms with E-state index in [0.29, 0.717) is 12.1 Å². The van der Waals surface area contributed by atoms with Gasteiger partial charge in [-0.25, -0.2) is 0 Å². The van der Waals surface area contributed by atoms with Gasteiger partial charge in [-0.3, -0.25) is 4.79 Å². The molecule has 0 spiro atoms. The third kappa shape index (κ3) is 4.54. The molecule has 3 N–H and O–H groups in total. The van der Waals surface area contributed by atoms with Crippen LogP contribution in [0, 0.1) is 0 Å². The summed E-state index contributed by atoms with van der Waals surface area (Å²) in [6.07, 6.45) is 0.949. The molecular weight excluding hydrogens is 242 g/mol. The maximum absolute atomic E-state index is 11.8. The highest BCUT2D eigenvalue weighted by Crippen LogP contribution is 2.10. The van der Waals surface area contributed by atoms with Crippen molar-refractivity contribution < 1.29 is 9.90 Å². The molecule has 0 aromatic heterocycles. The number of aromatic hydroxyl groups is 1. The molecule has 1 aromatic carbocycles. The third-order valence-corrected chi connectivity index (χ3v) is 3.25. The Hall–Kier alpha value is -1.59. The lowest BCUT2D eigenvalue weighted by Crippen LogP contribution is -2.44. The van der Waals surface area contributed by atoms with Gasteiger partial charge in [0.15, 0.2) is 0 Å². The van der Waals surface area contributed by atoms with Gasteiger partial charge in [-0.15, -0.1) is 0 Å². The number of piperazine rings is 1. The zero-order valence-corrected chi connectivity index (χ0v) is 11.1. The number of hydrogen-bond donors (Lipinski definition) is 3. The lowest BCUT2D eigenvalue weighted by Gasteiger charge is -2.27. The Morgan fingerprint density at radius 2 is 2.16 bits per heavy atom. The smallest absolute Gasteiger partial charge is 0.251 e. The maximum atomic E-state index is 11.8. The number of rotatable bonds is 5. The van der Waals surface area contributed by atoms with Gasteiger partial charge in [-0.1, -0.05) is 6.07 Å². The number of carbonyl (C=O) groups excluding carboxylic acids is 1. The van der Waals surface area contributed by atoms with Gasteiger partial charge in [-0.2, -0.15) is 0 Å². The molecule has 0 bridgehead atoms. The zero-order chi connectivity index (χ0) is 13.5.